The van der Waals surface area contributed by atoms with E-state index in [0.717, 1.165) is 36.8 Å². The van der Waals surface area contributed by atoms with E-state index in [1.54, 1.807) is 6.07 Å². The second kappa shape index (κ2) is 7.70. The molecule has 0 aromatic heterocycles. The van der Waals surface area contributed by atoms with Gasteiger partial charge in [-0.2, -0.15) is 4.39 Å². The zero-order valence-corrected chi connectivity index (χ0v) is 14.8. The Kier molecular flexibility index (Phi) is 5.37. The molecule has 0 fully saturated rings. The van der Waals surface area contributed by atoms with Crippen molar-refractivity contribution < 1.29 is 17.9 Å². The van der Waals surface area contributed by atoms with Gasteiger partial charge in [0.05, 0.1) is 18.2 Å². The number of hydrogen-bond donors (Lipinski definition) is 0. The molecular formula is C22H19F3O. The summed E-state index contributed by atoms with van der Waals surface area (Å²) in [4.78, 5) is 0. The molecule has 26 heavy (non-hydrogen) atoms. The largest absolute Gasteiger partial charge is 0.494 e. The fourth-order valence-electron chi connectivity index (χ4n) is 3.11. The second-order valence-electron chi connectivity index (χ2n) is 6.29. The maximum absolute atomic E-state index is 14.4. The molecule has 1 aliphatic carbocycles. The summed E-state index contributed by atoms with van der Waals surface area (Å²) in [5.41, 5.74) is 3.38. The Morgan fingerprint density at radius 3 is 2.50 bits per heavy atom. The number of allylic oxidation sites excluding steroid dienone is 2. The predicted molar refractivity (Wildman–Crippen MR) is 95.7 cm³/mol. The standard InChI is InChI=1S/C22H19F3O/c1-3-4-14-5-6-16-12-17(19(23)13-18(16)11-14)8-7-15-9-10-20(26-2)22(25)21(15)24/h5,9-10,12-13H,3-4,6,11H2,1-2H3. The van der Waals surface area contributed by atoms with Gasteiger partial charge in [0.2, 0.25) is 5.82 Å². The molecule has 0 spiro atoms. The van der Waals surface area contributed by atoms with E-state index >= 15 is 0 Å². The summed E-state index contributed by atoms with van der Waals surface area (Å²) in [5.74, 6) is 2.32. The van der Waals surface area contributed by atoms with Gasteiger partial charge >= 0.3 is 0 Å². The number of hydrogen-bond acceptors (Lipinski definition) is 1. The molecule has 0 unspecified atom stereocenters. The van der Waals surface area contributed by atoms with Gasteiger partial charge < -0.3 is 4.74 Å². The molecule has 1 aliphatic rings. The first-order valence-corrected chi connectivity index (χ1v) is 8.56. The van der Waals surface area contributed by atoms with Gasteiger partial charge in [-0.1, -0.05) is 36.8 Å². The van der Waals surface area contributed by atoms with E-state index in [9.17, 15) is 13.2 Å². The Morgan fingerprint density at radius 1 is 1.00 bits per heavy atom. The van der Waals surface area contributed by atoms with E-state index < -0.39 is 17.5 Å². The molecule has 2 aromatic rings. The van der Waals surface area contributed by atoms with Crippen LogP contribution in [0.2, 0.25) is 0 Å². The van der Waals surface area contributed by atoms with Crippen molar-refractivity contribution in [1.29, 1.82) is 0 Å². The normalized spacial score (nSPS) is 12.7. The van der Waals surface area contributed by atoms with E-state index in [-0.39, 0.29) is 16.9 Å². The Bertz CT molecular complexity index is 933. The van der Waals surface area contributed by atoms with Crippen LogP contribution in [0.5, 0.6) is 5.75 Å². The fourth-order valence-corrected chi connectivity index (χ4v) is 3.11. The molecule has 3 rings (SSSR count). The van der Waals surface area contributed by atoms with Crippen LogP contribution in [-0.2, 0) is 12.8 Å². The van der Waals surface area contributed by atoms with Crippen molar-refractivity contribution in [3.8, 4) is 17.6 Å². The highest BCUT2D eigenvalue weighted by Gasteiger charge is 2.15. The number of ether oxygens (including phenoxy) is 1. The van der Waals surface area contributed by atoms with Crippen LogP contribution < -0.4 is 4.74 Å². The summed E-state index contributed by atoms with van der Waals surface area (Å²) >= 11 is 0. The maximum atomic E-state index is 14.4. The van der Waals surface area contributed by atoms with Gasteiger partial charge in [0.15, 0.2) is 11.6 Å². The summed E-state index contributed by atoms with van der Waals surface area (Å²) in [6.45, 7) is 2.12. The van der Waals surface area contributed by atoms with Gasteiger partial charge in [-0.05, 0) is 54.7 Å². The smallest absolute Gasteiger partial charge is 0.201 e. The minimum atomic E-state index is -1.10. The first kappa shape index (κ1) is 18.1. The highest BCUT2D eigenvalue weighted by molar-refractivity contribution is 5.50. The lowest BCUT2D eigenvalue weighted by atomic mass is 9.88. The van der Waals surface area contributed by atoms with Crippen LogP contribution in [0.3, 0.4) is 0 Å². The second-order valence-corrected chi connectivity index (χ2v) is 6.29. The van der Waals surface area contributed by atoms with Crippen LogP contribution in [0.1, 0.15) is 42.0 Å². The molecule has 0 aliphatic heterocycles. The molecule has 1 nitrogen and oxygen atoms in total. The Hall–Kier alpha value is -2.67. The molecule has 0 atom stereocenters. The van der Waals surface area contributed by atoms with Crippen LogP contribution in [0.15, 0.2) is 35.9 Å². The highest BCUT2D eigenvalue weighted by atomic mass is 19.2. The average molecular weight is 356 g/mol. The SMILES string of the molecule is CCCC1=CCc2cc(C#Cc3ccc(OC)c(F)c3F)c(F)cc2C1. The molecule has 134 valence electrons. The van der Waals surface area contributed by atoms with Crippen molar-refractivity contribution >= 4 is 0 Å². The molecular weight excluding hydrogens is 337 g/mol. The van der Waals surface area contributed by atoms with Crippen LogP contribution in [0, 0.1) is 29.3 Å². The number of halogens is 3. The van der Waals surface area contributed by atoms with Gasteiger partial charge in [-0.25, -0.2) is 8.78 Å². The zero-order chi connectivity index (χ0) is 18.7. The monoisotopic (exact) mass is 356 g/mol. The van der Waals surface area contributed by atoms with E-state index in [1.165, 1.54) is 30.9 Å². The minimum absolute atomic E-state index is 0.134. The van der Waals surface area contributed by atoms with Gasteiger partial charge in [0, 0.05) is 0 Å². The predicted octanol–water partition coefficient (Wildman–Crippen LogP) is 5.34. The fraction of sp³-hybridized carbons (Fsp3) is 0.273. The third-order valence-corrected chi connectivity index (χ3v) is 4.49. The first-order chi connectivity index (χ1) is 12.5. The van der Waals surface area contributed by atoms with E-state index in [2.05, 4.69) is 24.8 Å². The molecule has 0 N–H and O–H groups in total. The highest BCUT2D eigenvalue weighted by Crippen LogP contribution is 2.26. The summed E-state index contributed by atoms with van der Waals surface area (Å²) in [5, 5.41) is 0. The molecule has 0 saturated carbocycles. The first-order valence-electron chi connectivity index (χ1n) is 8.56. The lowest BCUT2D eigenvalue weighted by Crippen LogP contribution is -2.05. The van der Waals surface area contributed by atoms with Gasteiger partial charge in [-0.15, -0.1) is 0 Å². The van der Waals surface area contributed by atoms with Crippen molar-refractivity contribution in [1.82, 2.24) is 0 Å². The zero-order valence-electron chi connectivity index (χ0n) is 14.8. The average Bonchev–Trinajstić information content (AvgIpc) is 2.63. The quantitative estimate of drug-likeness (QED) is 0.533. The Balaban J connectivity index is 1.91. The molecule has 2 aromatic carbocycles. The third kappa shape index (κ3) is 3.62. The number of rotatable bonds is 3. The summed E-state index contributed by atoms with van der Waals surface area (Å²) in [6, 6.07) is 5.83. The van der Waals surface area contributed by atoms with Crippen molar-refractivity contribution in [3.63, 3.8) is 0 Å². The molecule has 0 heterocycles. The van der Waals surface area contributed by atoms with Crippen molar-refractivity contribution in [3.05, 3.63) is 75.6 Å². The van der Waals surface area contributed by atoms with Gasteiger partial charge in [-0.3, -0.25) is 0 Å². The lowest BCUT2D eigenvalue weighted by molar-refractivity contribution is 0.371. The van der Waals surface area contributed by atoms with Crippen LogP contribution >= 0.6 is 0 Å². The topological polar surface area (TPSA) is 9.23 Å². The molecule has 0 amide bonds. The van der Waals surface area contributed by atoms with Crippen LogP contribution in [0.25, 0.3) is 0 Å². The van der Waals surface area contributed by atoms with Crippen molar-refractivity contribution in [2.24, 2.45) is 0 Å². The number of benzene rings is 2. The molecule has 0 bridgehead atoms. The summed E-state index contributed by atoms with van der Waals surface area (Å²) in [7, 11) is 1.26. The van der Waals surface area contributed by atoms with Gasteiger partial charge in [0.1, 0.15) is 5.82 Å². The van der Waals surface area contributed by atoms with Crippen LogP contribution in [0.4, 0.5) is 13.2 Å². The third-order valence-electron chi connectivity index (χ3n) is 4.49. The van der Waals surface area contributed by atoms with Crippen molar-refractivity contribution in [2.75, 3.05) is 7.11 Å². The van der Waals surface area contributed by atoms with E-state index in [4.69, 9.17) is 4.74 Å². The van der Waals surface area contributed by atoms with E-state index in [1.807, 2.05) is 0 Å². The molecule has 4 heteroatoms. The molecule has 0 radical (unpaired) electrons. The maximum Gasteiger partial charge on any atom is 0.201 e. The Labute approximate surface area is 151 Å². The molecule has 0 saturated heterocycles. The van der Waals surface area contributed by atoms with Crippen molar-refractivity contribution in [2.45, 2.75) is 32.6 Å². The number of methoxy groups -OCH3 is 1. The van der Waals surface area contributed by atoms with Crippen LogP contribution in [-0.4, -0.2) is 7.11 Å². The lowest BCUT2D eigenvalue weighted by Gasteiger charge is -2.17. The van der Waals surface area contributed by atoms with E-state index in [0.29, 0.717) is 0 Å². The Morgan fingerprint density at radius 2 is 1.77 bits per heavy atom. The number of fused-ring (bicyclic) bond motifs is 1. The summed E-state index contributed by atoms with van der Waals surface area (Å²) < 4.78 is 46.8. The van der Waals surface area contributed by atoms with Gasteiger partial charge in [0.25, 0.3) is 0 Å². The minimum Gasteiger partial charge on any atom is -0.494 e. The summed E-state index contributed by atoms with van der Waals surface area (Å²) in [6.07, 6.45) is 5.76.